The first-order chi connectivity index (χ1) is 9.25. The summed E-state index contributed by atoms with van der Waals surface area (Å²) in [5.74, 6) is -0.396. The molecule has 1 heterocycles. The molecular weight excluding hydrogens is 311 g/mol. The van der Waals surface area contributed by atoms with Crippen LogP contribution in [0.2, 0.25) is 0 Å². The SMILES string of the molecule is Cl.Cl.N[C@@H](Cc1ccccc1)C(=O)OCc1cccnc1. The van der Waals surface area contributed by atoms with Gasteiger partial charge >= 0.3 is 5.97 Å². The third kappa shape index (κ3) is 6.58. The van der Waals surface area contributed by atoms with Gasteiger partial charge in [0, 0.05) is 18.0 Å². The van der Waals surface area contributed by atoms with Gasteiger partial charge in [-0.1, -0.05) is 36.4 Å². The van der Waals surface area contributed by atoms with Crippen LogP contribution in [0.3, 0.4) is 0 Å². The monoisotopic (exact) mass is 328 g/mol. The molecule has 4 nitrogen and oxygen atoms in total. The molecule has 2 N–H and O–H groups in total. The van der Waals surface area contributed by atoms with E-state index < -0.39 is 12.0 Å². The maximum atomic E-state index is 11.8. The molecule has 0 unspecified atom stereocenters. The van der Waals surface area contributed by atoms with Crippen molar-refractivity contribution in [2.75, 3.05) is 0 Å². The van der Waals surface area contributed by atoms with Gasteiger partial charge in [-0.2, -0.15) is 0 Å². The summed E-state index contributed by atoms with van der Waals surface area (Å²) in [5, 5.41) is 0. The van der Waals surface area contributed by atoms with Gasteiger partial charge in [-0.3, -0.25) is 9.78 Å². The molecule has 1 aromatic carbocycles. The predicted octanol–water partition coefficient (Wildman–Crippen LogP) is 2.54. The number of pyridine rings is 1. The molecule has 21 heavy (non-hydrogen) atoms. The summed E-state index contributed by atoms with van der Waals surface area (Å²) in [7, 11) is 0. The second-order valence-corrected chi connectivity index (χ2v) is 4.27. The van der Waals surface area contributed by atoms with Gasteiger partial charge in [-0.05, 0) is 18.1 Å². The standard InChI is InChI=1S/C15H16N2O2.2ClH/c16-14(9-12-5-2-1-3-6-12)15(18)19-11-13-7-4-8-17-10-13;;/h1-8,10,14H,9,11,16H2;2*1H/t14-;;/m0../s1. The Balaban J connectivity index is 0.00000200. The van der Waals surface area contributed by atoms with Crippen LogP contribution in [0.15, 0.2) is 54.9 Å². The highest BCUT2D eigenvalue weighted by atomic mass is 35.5. The molecule has 1 atom stereocenters. The number of hydrogen-bond acceptors (Lipinski definition) is 4. The van der Waals surface area contributed by atoms with Gasteiger partial charge in [-0.15, -0.1) is 24.8 Å². The molecule has 1 aromatic heterocycles. The molecule has 6 heteroatoms. The van der Waals surface area contributed by atoms with Crippen molar-refractivity contribution in [2.24, 2.45) is 5.73 Å². The summed E-state index contributed by atoms with van der Waals surface area (Å²) in [6.07, 6.45) is 3.81. The van der Waals surface area contributed by atoms with Crippen molar-refractivity contribution >= 4 is 30.8 Å². The summed E-state index contributed by atoms with van der Waals surface area (Å²) < 4.78 is 5.16. The highest BCUT2D eigenvalue weighted by molar-refractivity contribution is 5.85. The number of ether oxygens (including phenoxy) is 1. The van der Waals surface area contributed by atoms with Crippen LogP contribution in [0.4, 0.5) is 0 Å². The number of hydrogen-bond donors (Lipinski definition) is 1. The lowest BCUT2D eigenvalue weighted by Crippen LogP contribution is -2.34. The average molecular weight is 329 g/mol. The molecule has 0 aliphatic heterocycles. The summed E-state index contributed by atoms with van der Waals surface area (Å²) in [5.41, 5.74) is 7.69. The smallest absolute Gasteiger partial charge is 0.323 e. The normalized spacial score (nSPS) is 10.7. The minimum absolute atomic E-state index is 0. The Morgan fingerprint density at radius 1 is 1.10 bits per heavy atom. The lowest BCUT2D eigenvalue weighted by atomic mass is 10.1. The molecule has 0 bridgehead atoms. The molecule has 2 aromatic rings. The molecule has 0 fully saturated rings. The molecule has 0 aliphatic carbocycles. The van der Waals surface area contributed by atoms with Crippen molar-refractivity contribution in [3.8, 4) is 0 Å². The van der Waals surface area contributed by atoms with Crippen LogP contribution in [-0.4, -0.2) is 17.0 Å². The van der Waals surface area contributed by atoms with Crippen LogP contribution in [0.25, 0.3) is 0 Å². The highest BCUT2D eigenvalue weighted by Crippen LogP contribution is 2.05. The van der Waals surface area contributed by atoms with Crippen molar-refractivity contribution in [1.29, 1.82) is 0 Å². The fraction of sp³-hybridized carbons (Fsp3) is 0.200. The molecular formula is C15H18Cl2N2O2. The molecule has 114 valence electrons. The number of halogens is 2. The highest BCUT2D eigenvalue weighted by Gasteiger charge is 2.15. The lowest BCUT2D eigenvalue weighted by molar-refractivity contribution is -0.146. The number of esters is 1. The zero-order valence-corrected chi connectivity index (χ0v) is 13.0. The number of rotatable bonds is 5. The number of nitrogens with zero attached hydrogens (tertiary/aromatic N) is 1. The molecule has 0 amide bonds. The van der Waals surface area contributed by atoms with Crippen LogP contribution in [0.5, 0.6) is 0 Å². The number of aromatic nitrogens is 1. The van der Waals surface area contributed by atoms with Gasteiger partial charge in [0.05, 0.1) is 0 Å². The first kappa shape index (κ1) is 19.4. The largest absolute Gasteiger partial charge is 0.460 e. The van der Waals surface area contributed by atoms with Crippen LogP contribution in [0.1, 0.15) is 11.1 Å². The Kier molecular flexibility index (Phi) is 9.37. The van der Waals surface area contributed by atoms with E-state index in [9.17, 15) is 4.79 Å². The first-order valence-corrected chi connectivity index (χ1v) is 6.11. The van der Waals surface area contributed by atoms with Crippen LogP contribution >= 0.6 is 24.8 Å². The number of carbonyl (C=O) groups is 1. The average Bonchev–Trinajstić information content (AvgIpc) is 2.47. The summed E-state index contributed by atoms with van der Waals surface area (Å²) in [6.45, 7) is 0.204. The van der Waals surface area contributed by atoms with E-state index in [0.29, 0.717) is 6.42 Å². The Hall–Kier alpha value is -1.62. The fourth-order valence-corrected chi connectivity index (χ4v) is 1.70. The van der Waals surface area contributed by atoms with Crippen LogP contribution in [0, 0.1) is 0 Å². The number of nitrogens with two attached hydrogens (primary N) is 1. The number of carbonyl (C=O) groups excluding carboxylic acids is 1. The zero-order chi connectivity index (χ0) is 13.5. The lowest BCUT2D eigenvalue weighted by Gasteiger charge is -2.11. The second kappa shape index (κ2) is 10.2. The third-order valence-electron chi connectivity index (χ3n) is 2.71. The molecule has 0 saturated carbocycles. The van der Waals surface area contributed by atoms with Gasteiger partial charge in [0.25, 0.3) is 0 Å². The van der Waals surface area contributed by atoms with Gasteiger partial charge in [0.1, 0.15) is 12.6 Å². The molecule has 0 spiro atoms. The molecule has 2 rings (SSSR count). The van der Waals surface area contributed by atoms with E-state index in [1.165, 1.54) is 0 Å². The van der Waals surface area contributed by atoms with Crippen molar-refractivity contribution < 1.29 is 9.53 Å². The van der Waals surface area contributed by atoms with E-state index in [4.69, 9.17) is 10.5 Å². The molecule has 0 radical (unpaired) electrons. The fourth-order valence-electron chi connectivity index (χ4n) is 1.70. The van der Waals surface area contributed by atoms with Crippen molar-refractivity contribution in [2.45, 2.75) is 19.1 Å². The zero-order valence-electron chi connectivity index (χ0n) is 11.3. The Morgan fingerprint density at radius 2 is 1.76 bits per heavy atom. The van der Waals surface area contributed by atoms with E-state index in [-0.39, 0.29) is 31.4 Å². The van der Waals surface area contributed by atoms with Crippen molar-refractivity contribution in [3.05, 3.63) is 66.0 Å². The maximum Gasteiger partial charge on any atom is 0.323 e. The second-order valence-electron chi connectivity index (χ2n) is 4.27. The van der Waals surface area contributed by atoms with Crippen molar-refractivity contribution in [3.63, 3.8) is 0 Å². The van der Waals surface area contributed by atoms with Gasteiger partial charge in [0.15, 0.2) is 0 Å². The summed E-state index contributed by atoms with van der Waals surface area (Å²) in [6, 6.07) is 12.7. The van der Waals surface area contributed by atoms with E-state index in [0.717, 1.165) is 11.1 Å². The topological polar surface area (TPSA) is 65.2 Å². The maximum absolute atomic E-state index is 11.8. The van der Waals surface area contributed by atoms with Gasteiger partial charge < -0.3 is 10.5 Å². The first-order valence-electron chi connectivity index (χ1n) is 6.11. The predicted molar refractivity (Wildman–Crippen MR) is 86.7 cm³/mol. The minimum atomic E-state index is -0.640. The number of benzene rings is 1. The summed E-state index contributed by atoms with van der Waals surface area (Å²) in [4.78, 5) is 15.7. The van der Waals surface area contributed by atoms with Crippen molar-refractivity contribution in [1.82, 2.24) is 4.98 Å². The van der Waals surface area contributed by atoms with E-state index in [1.807, 2.05) is 36.4 Å². The van der Waals surface area contributed by atoms with Gasteiger partial charge in [-0.25, -0.2) is 0 Å². The Morgan fingerprint density at radius 3 is 2.38 bits per heavy atom. The van der Waals surface area contributed by atoms with E-state index >= 15 is 0 Å². The summed E-state index contributed by atoms with van der Waals surface area (Å²) >= 11 is 0. The minimum Gasteiger partial charge on any atom is -0.460 e. The molecule has 0 aliphatic rings. The quantitative estimate of drug-likeness (QED) is 0.856. The Labute approximate surface area is 136 Å². The third-order valence-corrected chi connectivity index (χ3v) is 2.71. The van der Waals surface area contributed by atoms with E-state index in [2.05, 4.69) is 4.98 Å². The van der Waals surface area contributed by atoms with Crippen LogP contribution in [-0.2, 0) is 22.6 Å². The van der Waals surface area contributed by atoms with Gasteiger partial charge in [0.2, 0.25) is 0 Å². The Bertz CT molecular complexity index is 524. The van der Waals surface area contributed by atoms with Crippen LogP contribution < -0.4 is 5.73 Å². The molecule has 0 saturated heterocycles. The van der Waals surface area contributed by atoms with E-state index in [1.54, 1.807) is 18.5 Å².